The Kier molecular flexibility index (Phi) is 7.62. The van der Waals surface area contributed by atoms with Gasteiger partial charge in [0.2, 0.25) is 5.95 Å². The highest BCUT2D eigenvalue weighted by Crippen LogP contribution is 2.14. The molecule has 0 aliphatic heterocycles. The molecule has 0 aliphatic rings. The number of carbonyl (C=O) groups excluding carboxylic acids is 1. The monoisotopic (exact) mass is 502 g/mol. The molecule has 0 radical (unpaired) electrons. The number of esters is 1. The lowest BCUT2D eigenvalue weighted by Crippen LogP contribution is -2.43. The summed E-state index contributed by atoms with van der Waals surface area (Å²) in [6.45, 7) is 0.347. The number of carbonyl (C=O) groups is 1. The number of hydrogen-bond acceptors (Lipinski definition) is 9. The first kappa shape index (κ1) is 25.2. The number of nitrogens with two attached hydrogens (primary N) is 1. The molecule has 0 atom stereocenters. The van der Waals surface area contributed by atoms with Gasteiger partial charge in [-0.25, -0.2) is 23.9 Å². The van der Waals surface area contributed by atoms with Crippen LogP contribution in [0.15, 0.2) is 76.4 Å². The Morgan fingerprint density at radius 3 is 2.22 bits per heavy atom. The van der Waals surface area contributed by atoms with Crippen LogP contribution in [0.1, 0.15) is 27.0 Å². The normalized spacial score (nSPS) is 10.6. The molecular weight excluding hydrogens is 476 g/mol. The number of methoxy groups -OCH3 is 2. The second-order valence-electron chi connectivity index (χ2n) is 8.11. The first-order valence-corrected chi connectivity index (χ1v) is 11.3. The summed E-state index contributed by atoms with van der Waals surface area (Å²) in [7, 11) is 2.87. The van der Waals surface area contributed by atoms with E-state index in [1.807, 2.05) is 12.1 Å². The summed E-state index contributed by atoms with van der Waals surface area (Å²) in [5.41, 5.74) is 7.19. The van der Waals surface area contributed by atoms with Crippen LogP contribution in [0.2, 0.25) is 0 Å². The average molecular weight is 503 g/mol. The predicted octanol–water partition coefficient (Wildman–Crippen LogP) is 1.89. The number of aromatic nitrogens is 4. The predicted molar refractivity (Wildman–Crippen MR) is 138 cm³/mol. The van der Waals surface area contributed by atoms with Crippen molar-refractivity contribution in [1.29, 1.82) is 0 Å². The molecule has 2 aromatic heterocycles. The van der Waals surface area contributed by atoms with Crippen molar-refractivity contribution in [2.45, 2.75) is 19.6 Å². The first-order valence-electron chi connectivity index (χ1n) is 11.3. The third-order valence-electron chi connectivity index (χ3n) is 5.73. The second kappa shape index (κ2) is 11.2. The van der Waals surface area contributed by atoms with Crippen LogP contribution in [-0.2, 0) is 24.4 Å². The van der Waals surface area contributed by atoms with Crippen LogP contribution >= 0.6 is 0 Å². The number of pyridine rings is 1. The standard InChI is InChI=1S/C26H26N6O5/c1-36-21-11-7-18(8-12-21)15-31-24(29-14-20-4-3-13-28-22(20)27)30-25(34)32(26(31)35)16-17-5-9-19(10-6-17)23(33)37-2/h3-13H,14-16H2,1-2H3,(H2,27,28)(H,29,30,34). The molecule has 0 aliphatic carbocycles. The van der Waals surface area contributed by atoms with Crippen LogP contribution in [0.25, 0.3) is 0 Å². The number of benzene rings is 2. The summed E-state index contributed by atoms with van der Waals surface area (Å²) >= 11 is 0. The fourth-order valence-corrected chi connectivity index (χ4v) is 3.68. The van der Waals surface area contributed by atoms with Crippen LogP contribution < -0.4 is 27.2 Å². The molecule has 11 nitrogen and oxygen atoms in total. The molecule has 0 saturated heterocycles. The second-order valence-corrected chi connectivity index (χ2v) is 8.11. The van der Waals surface area contributed by atoms with E-state index in [-0.39, 0.29) is 25.6 Å². The highest BCUT2D eigenvalue weighted by molar-refractivity contribution is 5.89. The third-order valence-corrected chi connectivity index (χ3v) is 5.73. The van der Waals surface area contributed by atoms with Crippen LogP contribution in [0.4, 0.5) is 11.8 Å². The molecule has 2 heterocycles. The lowest BCUT2D eigenvalue weighted by molar-refractivity contribution is 0.0600. The van der Waals surface area contributed by atoms with Gasteiger partial charge < -0.3 is 20.5 Å². The largest absolute Gasteiger partial charge is 0.497 e. The molecule has 0 bridgehead atoms. The number of nitrogens with zero attached hydrogens (tertiary/aromatic N) is 4. The minimum absolute atomic E-state index is 0.0232. The zero-order chi connectivity index (χ0) is 26.4. The van der Waals surface area contributed by atoms with E-state index in [4.69, 9.17) is 15.2 Å². The van der Waals surface area contributed by atoms with E-state index in [1.54, 1.807) is 61.8 Å². The topological polar surface area (TPSA) is 143 Å². The highest BCUT2D eigenvalue weighted by Gasteiger charge is 2.15. The van der Waals surface area contributed by atoms with Crippen LogP contribution in [0.5, 0.6) is 5.75 Å². The molecule has 3 N–H and O–H groups in total. The molecule has 0 unspecified atom stereocenters. The van der Waals surface area contributed by atoms with E-state index in [0.717, 1.165) is 10.1 Å². The van der Waals surface area contributed by atoms with Gasteiger partial charge in [0, 0.05) is 18.3 Å². The molecular formula is C26H26N6O5. The minimum atomic E-state index is -0.713. The van der Waals surface area contributed by atoms with Crippen molar-refractivity contribution in [2.24, 2.45) is 0 Å². The fourth-order valence-electron chi connectivity index (χ4n) is 3.68. The molecule has 11 heteroatoms. The van der Waals surface area contributed by atoms with Gasteiger partial charge in [-0.2, -0.15) is 4.98 Å². The molecule has 37 heavy (non-hydrogen) atoms. The molecule has 0 spiro atoms. The first-order chi connectivity index (χ1) is 17.9. The van der Waals surface area contributed by atoms with Gasteiger partial charge in [0.25, 0.3) is 0 Å². The van der Waals surface area contributed by atoms with Gasteiger partial charge in [-0.1, -0.05) is 30.3 Å². The third kappa shape index (κ3) is 5.84. The van der Waals surface area contributed by atoms with E-state index in [0.29, 0.717) is 28.3 Å². The van der Waals surface area contributed by atoms with Gasteiger partial charge in [0.1, 0.15) is 11.6 Å². The van der Waals surface area contributed by atoms with Gasteiger partial charge in [0.15, 0.2) is 0 Å². The van der Waals surface area contributed by atoms with Gasteiger partial charge in [-0.15, -0.1) is 0 Å². The Labute approximate surface area is 212 Å². The summed E-state index contributed by atoms with van der Waals surface area (Å²) < 4.78 is 12.4. The van der Waals surface area contributed by atoms with Crippen LogP contribution in [0, 0.1) is 0 Å². The van der Waals surface area contributed by atoms with Crippen molar-refractivity contribution in [3.63, 3.8) is 0 Å². The van der Waals surface area contributed by atoms with Gasteiger partial charge in [-0.3, -0.25) is 4.57 Å². The van der Waals surface area contributed by atoms with E-state index in [9.17, 15) is 14.4 Å². The van der Waals surface area contributed by atoms with E-state index in [2.05, 4.69) is 15.3 Å². The Bertz CT molecular complexity index is 1510. The van der Waals surface area contributed by atoms with Crippen molar-refractivity contribution in [1.82, 2.24) is 19.1 Å². The summed E-state index contributed by atoms with van der Waals surface area (Å²) in [4.78, 5) is 46.4. The van der Waals surface area contributed by atoms with Gasteiger partial charge >= 0.3 is 17.3 Å². The summed E-state index contributed by atoms with van der Waals surface area (Å²) in [6.07, 6.45) is 1.58. The number of nitrogen functional groups attached to an aromatic ring is 1. The molecule has 0 saturated carbocycles. The Hall–Kier alpha value is -4.93. The number of nitrogens with one attached hydrogen (secondary N) is 1. The Morgan fingerprint density at radius 1 is 0.946 bits per heavy atom. The van der Waals surface area contributed by atoms with Crippen molar-refractivity contribution in [2.75, 3.05) is 25.3 Å². The SMILES string of the molecule is COC(=O)c1ccc(Cn2c(=O)nc(NCc3cccnc3N)n(Cc3ccc(OC)cc3)c2=O)cc1. The Morgan fingerprint density at radius 2 is 1.59 bits per heavy atom. The molecule has 4 rings (SSSR count). The average Bonchev–Trinajstić information content (AvgIpc) is 2.92. The van der Waals surface area contributed by atoms with E-state index < -0.39 is 17.3 Å². The summed E-state index contributed by atoms with van der Waals surface area (Å²) in [5.74, 6) is 0.645. The van der Waals surface area contributed by atoms with Crippen molar-refractivity contribution < 1.29 is 14.3 Å². The fraction of sp³-hybridized carbons (Fsp3) is 0.192. The maximum Gasteiger partial charge on any atom is 0.355 e. The molecule has 0 fully saturated rings. The molecule has 4 aromatic rings. The quantitative estimate of drug-likeness (QED) is 0.328. The van der Waals surface area contributed by atoms with Crippen LogP contribution in [-0.4, -0.2) is 39.3 Å². The number of hydrogen-bond donors (Lipinski definition) is 2. The summed E-state index contributed by atoms with van der Waals surface area (Å²) in [6, 6.07) is 17.2. The van der Waals surface area contributed by atoms with Crippen molar-refractivity contribution in [3.8, 4) is 5.75 Å². The highest BCUT2D eigenvalue weighted by atomic mass is 16.5. The number of ether oxygens (including phenoxy) is 2. The lowest BCUT2D eigenvalue weighted by atomic mass is 10.1. The zero-order valence-corrected chi connectivity index (χ0v) is 20.4. The van der Waals surface area contributed by atoms with Crippen molar-refractivity contribution in [3.05, 3.63) is 110 Å². The van der Waals surface area contributed by atoms with Gasteiger partial charge in [0.05, 0.1) is 32.9 Å². The van der Waals surface area contributed by atoms with Crippen LogP contribution in [0.3, 0.4) is 0 Å². The molecule has 190 valence electrons. The van der Waals surface area contributed by atoms with E-state index in [1.165, 1.54) is 11.7 Å². The maximum absolute atomic E-state index is 13.6. The number of rotatable bonds is 9. The van der Waals surface area contributed by atoms with Crippen molar-refractivity contribution >= 4 is 17.7 Å². The minimum Gasteiger partial charge on any atom is -0.497 e. The van der Waals surface area contributed by atoms with Gasteiger partial charge in [-0.05, 0) is 41.5 Å². The lowest BCUT2D eigenvalue weighted by Gasteiger charge is -2.16. The summed E-state index contributed by atoms with van der Waals surface area (Å²) in [5, 5.41) is 3.05. The molecule has 0 amide bonds. The van der Waals surface area contributed by atoms with E-state index >= 15 is 0 Å². The zero-order valence-electron chi connectivity index (χ0n) is 20.4. The smallest absolute Gasteiger partial charge is 0.355 e. The maximum atomic E-state index is 13.6. The molecule has 2 aromatic carbocycles. The Balaban J connectivity index is 1.70. The number of anilines is 2.